The lowest BCUT2D eigenvalue weighted by molar-refractivity contribution is 0.150. The summed E-state index contributed by atoms with van der Waals surface area (Å²) < 4.78 is 5.73. The van der Waals surface area contributed by atoms with Crippen LogP contribution in [-0.2, 0) is 0 Å². The number of ether oxygens (including phenoxy) is 1. The van der Waals surface area contributed by atoms with Crippen LogP contribution in [0.1, 0.15) is 18.4 Å². The van der Waals surface area contributed by atoms with Crippen molar-refractivity contribution in [1.29, 1.82) is 5.26 Å². The van der Waals surface area contributed by atoms with Crippen molar-refractivity contribution >= 4 is 0 Å². The zero-order valence-corrected chi connectivity index (χ0v) is 10.1. The Balaban J connectivity index is 1.91. The summed E-state index contributed by atoms with van der Waals surface area (Å²) in [6.45, 7) is 2.94. The molecule has 1 saturated heterocycles. The Labute approximate surface area is 102 Å². The second-order valence-electron chi connectivity index (χ2n) is 4.57. The Hall–Kier alpha value is -1.60. The molecule has 1 fully saturated rings. The van der Waals surface area contributed by atoms with Crippen molar-refractivity contribution in [2.45, 2.75) is 12.8 Å². The molecule has 17 heavy (non-hydrogen) atoms. The molecule has 0 saturated carbocycles. The highest BCUT2D eigenvalue weighted by molar-refractivity contribution is 5.39. The molecule has 0 aliphatic carbocycles. The molecule has 1 aromatic heterocycles. The lowest BCUT2D eigenvalue weighted by Gasteiger charge is -2.29. The molecule has 0 amide bonds. The first-order valence-corrected chi connectivity index (χ1v) is 5.95. The lowest BCUT2D eigenvalue weighted by Crippen LogP contribution is -2.34. The molecule has 1 aromatic rings. The number of nitriles is 1. The van der Waals surface area contributed by atoms with Crippen molar-refractivity contribution in [3.05, 3.63) is 24.0 Å². The molecule has 1 atom stereocenters. The highest BCUT2D eigenvalue weighted by atomic mass is 16.5. The molecule has 1 unspecified atom stereocenters. The molecular weight excluding hydrogens is 214 g/mol. The number of hydrogen-bond acceptors (Lipinski definition) is 4. The van der Waals surface area contributed by atoms with E-state index in [9.17, 15) is 0 Å². The van der Waals surface area contributed by atoms with E-state index in [0.717, 1.165) is 6.54 Å². The second-order valence-corrected chi connectivity index (χ2v) is 4.57. The van der Waals surface area contributed by atoms with Gasteiger partial charge in [-0.3, -0.25) is 4.98 Å². The number of hydrogen-bond donors (Lipinski definition) is 0. The highest BCUT2D eigenvalue weighted by Gasteiger charge is 2.18. The summed E-state index contributed by atoms with van der Waals surface area (Å²) in [5.74, 6) is 1.21. The Morgan fingerprint density at radius 1 is 1.65 bits per heavy atom. The first-order valence-electron chi connectivity index (χ1n) is 5.95. The standard InChI is InChI=1S/C13H17N3O/c1-16-6-2-3-11(9-16)10-17-13-4-5-15-8-12(13)7-14/h4-5,8,11H,2-3,6,9-10H2,1H3. The minimum Gasteiger partial charge on any atom is -0.492 e. The molecule has 4 nitrogen and oxygen atoms in total. The first-order chi connectivity index (χ1) is 8.29. The smallest absolute Gasteiger partial charge is 0.140 e. The van der Waals surface area contributed by atoms with Crippen molar-refractivity contribution in [3.63, 3.8) is 0 Å². The highest BCUT2D eigenvalue weighted by Crippen LogP contribution is 2.19. The molecule has 2 heterocycles. The van der Waals surface area contributed by atoms with Crippen LogP contribution in [0.25, 0.3) is 0 Å². The van der Waals surface area contributed by atoms with E-state index in [4.69, 9.17) is 10.00 Å². The molecule has 0 spiro atoms. The van der Waals surface area contributed by atoms with E-state index < -0.39 is 0 Å². The summed E-state index contributed by atoms with van der Waals surface area (Å²) in [4.78, 5) is 6.24. The summed E-state index contributed by atoms with van der Waals surface area (Å²) in [5.41, 5.74) is 0.511. The third-order valence-corrected chi connectivity index (χ3v) is 3.10. The van der Waals surface area contributed by atoms with Crippen LogP contribution < -0.4 is 4.74 Å². The van der Waals surface area contributed by atoms with Gasteiger partial charge in [-0.05, 0) is 32.5 Å². The van der Waals surface area contributed by atoms with E-state index in [-0.39, 0.29) is 0 Å². The van der Waals surface area contributed by atoms with Crippen molar-refractivity contribution in [2.75, 3.05) is 26.7 Å². The van der Waals surface area contributed by atoms with E-state index in [0.29, 0.717) is 23.8 Å². The van der Waals surface area contributed by atoms with Crippen molar-refractivity contribution in [1.82, 2.24) is 9.88 Å². The molecule has 1 aliphatic rings. The first kappa shape index (κ1) is 11.9. The van der Waals surface area contributed by atoms with Crippen LogP contribution in [0, 0.1) is 17.2 Å². The molecule has 0 radical (unpaired) electrons. The third-order valence-electron chi connectivity index (χ3n) is 3.10. The maximum atomic E-state index is 8.92. The lowest BCUT2D eigenvalue weighted by atomic mass is 9.99. The van der Waals surface area contributed by atoms with Crippen LogP contribution in [0.2, 0.25) is 0 Å². The Kier molecular flexibility index (Phi) is 3.94. The average Bonchev–Trinajstić information content (AvgIpc) is 2.37. The van der Waals surface area contributed by atoms with Gasteiger partial charge in [0.1, 0.15) is 17.4 Å². The van der Waals surface area contributed by atoms with Gasteiger partial charge in [-0.15, -0.1) is 0 Å². The molecule has 4 heteroatoms. The SMILES string of the molecule is CN1CCCC(COc2ccncc2C#N)C1. The number of nitrogens with zero attached hydrogens (tertiary/aromatic N) is 3. The molecular formula is C13H17N3O. The van der Waals surface area contributed by atoms with Gasteiger partial charge in [0.15, 0.2) is 0 Å². The maximum Gasteiger partial charge on any atom is 0.140 e. The van der Waals surface area contributed by atoms with Crippen molar-refractivity contribution < 1.29 is 4.74 Å². The normalized spacial score (nSPS) is 20.8. The number of likely N-dealkylation sites (tertiary alicyclic amines) is 1. The fourth-order valence-electron chi connectivity index (χ4n) is 2.21. The summed E-state index contributed by atoms with van der Waals surface area (Å²) >= 11 is 0. The van der Waals surface area contributed by atoms with Gasteiger partial charge in [-0.25, -0.2) is 0 Å². The monoisotopic (exact) mass is 231 g/mol. The van der Waals surface area contributed by atoms with E-state index >= 15 is 0 Å². The summed E-state index contributed by atoms with van der Waals surface area (Å²) in [6, 6.07) is 3.85. The largest absolute Gasteiger partial charge is 0.492 e. The van der Waals surface area contributed by atoms with Gasteiger partial charge < -0.3 is 9.64 Å². The van der Waals surface area contributed by atoms with Gasteiger partial charge in [0, 0.05) is 24.9 Å². The maximum absolute atomic E-state index is 8.92. The minimum atomic E-state index is 0.511. The van der Waals surface area contributed by atoms with Gasteiger partial charge >= 0.3 is 0 Å². The third kappa shape index (κ3) is 3.18. The van der Waals surface area contributed by atoms with Gasteiger partial charge in [0.05, 0.1) is 6.61 Å². The fourth-order valence-corrected chi connectivity index (χ4v) is 2.21. The van der Waals surface area contributed by atoms with Gasteiger partial charge in [0.25, 0.3) is 0 Å². The van der Waals surface area contributed by atoms with Crippen LogP contribution in [0.5, 0.6) is 5.75 Å². The van der Waals surface area contributed by atoms with Crippen LogP contribution in [0.4, 0.5) is 0 Å². The van der Waals surface area contributed by atoms with Gasteiger partial charge in [0.2, 0.25) is 0 Å². The van der Waals surface area contributed by atoms with Crippen molar-refractivity contribution in [3.8, 4) is 11.8 Å². The summed E-state index contributed by atoms with van der Waals surface area (Å²) in [5, 5.41) is 8.92. The molecule has 0 N–H and O–H groups in total. The minimum absolute atomic E-state index is 0.511. The Bertz CT molecular complexity index is 413. The van der Waals surface area contributed by atoms with E-state index in [1.54, 1.807) is 18.5 Å². The topological polar surface area (TPSA) is 49.1 Å². The average molecular weight is 231 g/mol. The molecule has 0 aromatic carbocycles. The molecule has 0 bridgehead atoms. The van der Waals surface area contributed by atoms with Crippen LogP contribution in [-0.4, -0.2) is 36.6 Å². The van der Waals surface area contributed by atoms with E-state index in [2.05, 4.69) is 23.0 Å². The molecule has 2 rings (SSSR count). The van der Waals surface area contributed by atoms with Crippen LogP contribution >= 0.6 is 0 Å². The zero-order valence-electron chi connectivity index (χ0n) is 10.1. The predicted octanol–water partition coefficient (Wildman–Crippen LogP) is 1.67. The quantitative estimate of drug-likeness (QED) is 0.794. The van der Waals surface area contributed by atoms with E-state index in [1.165, 1.54) is 19.4 Å². The number of aromatic nitrogens is 1. The summed E-state index contributed by atoms with van der Waals surface area (Å²) in [7, 11) is 2.14. The molecule has 1 aliphatic heterocycles. The summed E-state index contributed by atoms with van der Waals surface area (Å²) in [6.07, 6.45) is 5.63. The van der Waals surface area contributed by atoms with Gasteiger partial charge in [-0.2, -0.15) is 5.26 Å². The van der Waals surface area contributed by atoms with Crippen LogP contribution in [0.15, 0.2) is 18.5 Å². The Morgan fingerprint density at radius 3 is 3.29 bits per heavy atom. The van der Waals surface area contributed by atoms with Crippen molar-refractivity contribution in [2.24, 2.45) is 5.92 Å². The zero-order chi connectivity index (χ0) is 12.1. The van der Waals surface area contributed by atoms with E-state index in [1.807, 2.05) is 0 Å². The number of rotatable bonds is 3. The number of pyridine rings is 1. The predicted molar refractivity (Wildman–Crippen MR) is 64.7 cm³/mol. The molecule has 90 valence electrons. The van der Waals surface area contributed by atoms with Crippen LogP contribution in [0.3, 0.4) is 0 Å². The Morgan fingerprint density at radius 2 is 2.53 bits per heavy atom. The van der Waals surface area contributed by atoms with Gasteiger partial charge in [-0.1, -0.05) is 0 Å². The fraction of sp³-hybridized carbons (Fsp3) is 0.538. The number of piperidine rings is 1. The second kappa shape index (κ2) is 5.65.